The lowest BCUT2D eigenvalue weighted by atomic mass is 10.0. The second-order valence-corrected chi connectivity index (χ2v) is 18.1. The Morgan fingerprint density at radius 3 is 1.02 bits per heavy atom. The van der Waals surface area contributed by atoms with E-state index in [1.165, 1.54) is 173 Å². The maximum Gasteiger partial charge on any atom is 0.306 e. The van der Waals surface area contributed by atoms with Gasteiger partial charge in [0.15, 0.2) is 6.10 Å². The summed E-state index contributed by atoms with van der Waals surface area (Å²) in [7, 11) is 0. The summed E-state index contributed by atoms with van der Waals surface area (Å²) in [6, 6.07) is 0. The van der Waals surface area contributed by atoms with Crippen LogP contribution in [0.25, 0.3) is 0 Å². The highest BCUT2D eigenvalue weighted by Crippen LogP contribution is 2.16. The molecule has 0 saturated carbocycles. The maximum absolute atomic E-state index is 12.8. The van der Waals surface area contributed by atoms with Gasteiger partial charge in [-0.1, -0.05) is 237 Å². The Labute approximate surface area is 385 Å². The number of unbranched alkanes of at least 4 members (excludes halogenated alkanes) is 32. The average Bonchev–Trinajstić information content (AvgIpc) is 3.27. The molecule has 0 amide bonds. The molecule has 0 spiro atoms. The molecule has 0 aliphatic carbocycles. The third-order valence-electron chi connectivity index (χ3n) is 11.9. The number of rotatable bonds is 49. The van der Waals surface area contributed by atoms with Crippen molar-refractivity contribution in [2.75, 3.05) is 13.2 Å². The third-order valence-corrected chi connectivity index (χ3v) is 11.9. The normalized spacial score (nSPS) is 12.2. The van der Waals surface area contributed by atoms with Gasteiger partial charge in [-0.05, 0) is 64.2 Å². The Kier molecular flexibility index (Phi) is 49.3. The summed E-state index contributed by atoms with van der Waals surface area (Å²) in [6.07, 6.45) is 60.0. The van der Waals surface area contributed by atoms with Crippen LogP contribution in [-0.4, -0.2) is 37.2 Å². The first-order valence-corrected chi connectivity index (χ1v) is 27.0. The molecule has 62 heavy (non-hydrogen) atoms. The minimum absolute atomic E-state index is 0.0919. The van der Waals surface area contributed by atoms with E-state index < -0.39 is 6.10 Å². The van der Waals surface area contributed by atoms with Crippen molar-refractivity contribution >= 4 is 17.9 Å². The first-order chi connectivity index (χ1) is 30.5. The lowest BCUT2D eigenvalue weighted by Gasteiger charge is -2.18. The molecule has 0 aromatic rings. The first-order valence-electron chi connectivity index (χ1n) is 27.0. The van der Waals surface area contributed by atoms with Gasteiger partial charge in [0.25, 0.3) is 0 Å². The van der Waals surface area contributed by atoms with Crippen LogP contribution in [-0.2, 0) is 28.6 Å². The molecule has 0 fully saturated rings. The van der Waals surface area contributed by atoms with Gasteiger partial charge >= 0.3 is 17.9 Å². The zero-order valence-corrected chi connectivity index (χ0v) is 41.4. The second kappa shape index (κ2) is 51.3. The number of allylic oxidation sites excluding steroid dienone is 6. The van der Waals surface area contributed by atoms with E-state index in [1.54, 1.807) is 0 Å². The Hall–Kier alpha value is -2.37. The molecular weight excluding hydrogens is 769 g/mol. The maximum atomic E-state index is 12.8. The molecule has 0 aromatic carbocycles. The summed E-state index contributed by atoms with van der Waals surface area (Å²) < 4.78 is 16.7. The predicted octanol–water partition coefficient (Wildman–Crippen LogP) is 17.7. The number of carbonyl (C=O) groups excluding carboxylic acids is 3. The summed E-state index contributed by atoms with van der Waals surface area (Å²) in [5.41, 5.74) is 0. The van der Waals surface area contributed by atoms with E-state index in [0.717, 1.165) is 64.2 Å². The molecule has 6 heteroatoms. The molecule has 0 radical (unpaired) electrons. The molecule has 0 rings (SSSR count). The van der Waals surface area contributed by atoms with Gasteiger partial charge in [0.2, 0.25) is 0 Å². The summed E-state index contributed by atoms with van der Waals surface area (Å²) >= 11 is 0. The molecule has 6 nitrogen and oxygen atoms in total. The Morgan fingerprint density at radius 1 is 0.323 bits per heavy atom. The van der Waals surface area contributed by atoms with Crippen LogP contribution in [0.15, 0.2) is 36.5 Å². The lowest BCUT2D eigenvalue weighted by molar-refractivity contribution is -0.166. The lowest BCUT2D eigenvalue weighted by Crippen LogP contribution is -2.30. The van der Waals surface area contributed by atoms with Crippen LogP contribution in [0.5, 0.6) is 0 Å². The molecule has 0 aliphatic rings. The number of hydrogen-bond donors (Lipinski definition) is 0. The van der Waals surface area contributed by atoms with E-state index in [-0.39, 0.29) is 37.5 Å². The molecular formula is C56H102O6. The minimum atomic E-state index is -0.798. The first kappa shape index (κ1) is 59.6. The van der Waals surface area contributed by atoms with Crippen LogP contribution < -0.4 is 0 Å². The topological polar surface area (TPSA) is 78.9 Å². The fraction of sp³-hybridized carbons (Fsp3) is 0.839. The van der Waals surface area contributed by atoms with Crippen LogP contribution in [0.3, 0.4) is 0 Å². The smallest absolute Gasteiger partial charge is 0.306 e. The van der Waals surface area contributed by atoms with Gasteiger partial charge in [-0.15, -0.1) is 0 Å². The van der Waals surface area contributed by atoms with Gasteiger partial charge in [0.1, 0.15) is 13.2 Å². The SMILES string of the molecule is CCCCCCCC/C=C\C/C=C\CCC(=O)OCC(COC(=O)CCCCCCCCCCCCCCCCCCC)OC(=O)CCCCC/C=C\CCCCCCCCC. The van der Waals surface area contributed by atoms with E-state index in [0.29, 0.717) is 19.3 Å². The van der Waals surface area contributed by atoms with Crippen molar-refractivity contribution < 1.29 is 28.6 Å². The van der Waals surface area contributed by atoms with E-state index in [9.17, 15) is 14.4 Å². The van der Waals surface area contributed by atoms with Crippen LogP contribution in [0.4, 0.5) is 0 Å². The monoisotopic (exact) mass is 871 g/mol. The van der Waals surface area contributed by atoms with Crippen LogP contribution >= 0.6 is 0 Å². The number of esters is 3. The number of ether oxygens (including phenoxy) is 3. The van der Waals surface area contributed by atoms with Crippen molar-refractivity contribution in [3.63, 3.8) is 0 Å². The summed E-state index contributed by atoms with van der Waals surface area (Å²) in [4.78, 5) is 37.9. The molecule has 0 heterocycles. The second-order valence-electron chi connectivity index (χ2n) is 18.1. The number of hydrogen-bond acceptors (Lipinski definition) is 6. The van der Waals surface area contributed by atoms with Gasteiger partial charge in [0, 0.05) is 19.3 Å². The van der Waals surface area contributed by atoms with Crippen molar-refractivity contribution in [1.29, 1.82) is 0 Å². The summed E-state index contributed by atoms with van der Waals surface area (Å²) in [5, 5.41) is 0. The largest absolute Gasteiger partial charge is 0.462 e. The summed E-state index contributed by atoms with van der Waals surface area (Å²) in [6.45, 7) is 6.59. The van der Waals surface area contributed by atoms with E-state index in [4.69, 9.17) is 14.2 Å². The quantitative estimate of drug-likeness (QED) is 0.0262. The molecule has 0 aromatic heterocycles. The van der Waals surface area contributed by atoms with Crippen molar-refractivity contribution in [1.82, 2.24) is 0 Å². The molecule has 0 saturated heterocycles. The fourth-order valence-electron chi connectivity index (χ4n) is 7.79. The van der Waals surface area contributed by atoms with Gasteiger partial charge in [-0.2, -0.15) is 0 Å². The van der Waals surface area contributed by atoms with Gasteiger partial charge in [-0.25, -0.2) is 0 Å². The standard InChI is InChI=1S/C56H102O6/c1-4-7-10-13-16-19-22-25-27-28-29-32-34-37-40-43-46-49-55(58)61-52-53(51-60-54(57)48-45-42-39-36-33-30-24-21-18-15-12-9-6-3)62-56(59)50-47-44-41-38-35-31-26-23-20-17-14-11-8-5-2/h30-31,33,35,39,42,53H,4-29,32,34,36-38,40-41,43-52H2,1-3H3/b33-30-,35-31-,42-39-. The molecule has 0 N–H and O–H groups in total. The van der Waals surface area contributed by atoms with Crippen LogP contribution in [0.2, 0.25) is 0 Å². The fourth-order valence-corrected chi connectivity index (χ4v) is 7.79. The van der Waals surface area contributed by atoms with Crippen LogP contribution in [0.1, 0.15) is 284 Å². The van der Waals surface area contributed by atoms with Crippen LogP contribution in [0, 0.1) is 0 Å². The molecule has 0 bridgehead atoms. The van der Waals surface area contributed by atoms with Gasteiger partial charge < -0.3 is 14.2 Å². The highest BCUT2D eigenvalue weighted by molar-refractivity contribution is 5.71. The molecule has 362 valence electrons. The Morgan fingerprint density at radius 2 is 0.613 bits per heavy atom. The third kappa shape index (κ3) is 48.7. The number of carbonyl (C=O) groups is 3. The van der Waals surface area contributed by atoms with Crippen molar-refractivity contribution in [3.8, 4) is 0 Å². The zero-order chi connectivity index (χ0) is 45.1. The Balaban J connectivity index is 4.40. The molecule has 1 atom stereocenters. The zero-order valence-electron chi connectivity index (χ0n) is 41.4. The highest BCUT2D eigenvalue weighted by Gasteiger charge is 2.19. The van der Waals surface area contributed by atoms with Crippen molar-refractivity contribution in [2.45, 2.75) is 290 Å². The Bertz CT molecular complexity index is 1050. The predicted molar refractivity (Wildman–Crippen MR) is 266 cm³/mol. The van der Waals surface area contributed by atoms with Crippen molar-refractivity contribution in [3.05, 3.63) is 36.5 Å². The van der Waals surface area contributed by atoms with Gasteiger partial charge in [0.05, 0.1) is 0 Å². The minimum Gasteiger partial charge on any atom is -0.462 e. The van der Waals surface area contributed by atoms with E-state index in [2.05, 4.69) is 51.2 Å². The average molecular weight is 871 g/mol. The van der Waals surface area contributed by atoms with E-state index >= 15 is 0 Å². The molecule has 0 aliphatic heterocycles. The summed E-state index contributed by atoms with van der Waals surface area (Å²) in [5.74, 6) is -0.967. The molecule has 1 unspecified atom stereocenters. The highest BCUT2D eigenvalue weighted by atomic mass is 16.6. The van der Waals surface area contributed by atoms with Gasteiger partial charge in [-0.3, -0.25) is 14.4 Å². The van der Waals surface area contributed by atoms with E-state index in [1.807, 2.05) is 6.08 Å². The van der Waals surface area contributed by atoms with Crippen molar-refractivity contribution in [2.24, 2.45) is 0 Å².